The van der Waals surface area contributed by atoms with Gasteiger partial charge in [-0.05, 0) is 43.5 Å². The Bertz CT molecular complexity index is 609. The summed E-state index contributed by atoms with van der Waals surface area (Å²) in [5.41, 5.74) is 1.74. The van der Waals surface area contributed by atoms with Gasteiger partial charge in [-0.3, -0.25) is 0 Å². The standard InChI is InChI=1S/C15H19FN4O/c1-11-8-12(16)2-5-15(11)21-7-6-20-10-14(18-19-20)9-17-13-3-4-13/h2,5,8,10,13,17H,3-4,6-7,9H2,1H3. The van der Waals surface area contributed by atoms with E-state index in [4.69, 9.17) is 4.74 Å². The van der Waals surface area contributed by atoms with E-state index in [-0.39, 0.29) is 5.82 Å². The van der Waals surface area contributed by atoms with Crippen molar-refractivity contribution in [3.63, 3.8) is 0 Å². The van der Waals surface area contributed by atoms with Crippen LogP contribution in [0.5, 0.6) is 5.75 Å². The monoisotopic (exact) mass is 290 g/mol. The van der Waals surface area contributed by atoms with Crippen molar-refractivity contribution in [2.45, 2.75) is 38.9 Å². The Morgan fingerprint density at radius 1 is 1.43 bits per heavy atom. The zero-order valence-electron chi connectivity index (χ0n) is 12.1. The van der Waals surface area contributed by atoms with Gasteiger partial charge in [0.25, 0.3) is 0 Å². The first-order valence-corrected chi connectivity index (χ1v) is 7.22. The molecule has 1 heterocycles. The second-order valence-electron chi connectivity index (χ2n) is 5.39. The minimum atomic E-state index is -0.246. The number of nitrogens with zero attached hydrogens (tertiary/aromatic N) is 3. The summed E-state index contributed by atoms with van der Waals surface area (Å²) in [6.45, 7) is 3.69. The Hall–Kier alpha value is -1.95. The number of aromatic nitrogens is 3. The first kappa shape index (κ1) is 14.0. The summed E-state index contributed by atoms with van der Waals surface area (Å²) < 4.78 is 20.4. The van der Waals surface area contributed by atoms with Crippen LogP contribution in [0.1, 0.15) is 24.1 Å². The van der Waals surface area contributed by atoms with E-state index in [0.717, 1.165) is 17.8 Å². The largest absolute Gasteiger partial charge is 0.491 e. The van der Waals surface area contributed by atoms with Crippen LogP contribution in [-0.2, 0) is 13.1 Å². The van der Waals surface area contributed by atoms with Crippen molar-refractivity contribution in [1.29, 1.82) is 0 Å². The van der Waals surface area contributed by atoms with Crippen LogP contribution < -0.4 is 10.1 Å². The maximum absolute atomic E-state index is 13.0. The fourth-order valence-corrected chi connectivity index (χ4v) is 2.09. The molecule has 2 aromatic rings. The van der Waals surface area contributed by atoms with E-state index >= 15 is 0 Å². The van der Waals surface area contributed by atoms with E-state index in [2.05, 4.69) is 15.6 Å². The van der Waals surface area contributed by atoms with E-state index in [1.807, 2.05) is 13.1 Å². The van der Waals surface area contributed by atoms with Gasteiger partial charge in [-0.2, -0.15) is 0 Å². The number of nitrogens with one attached hydrogen (secondary N) is 1. The molecule has 0 unspecified atom stereocenters. The zero-order valence-corrected chi connectivity index (χ0v) is 12.1. The predicted molar refractivity (Wildman–Crippen MR) is 76.5 cm³/mol. The molecule has 5 nitrogen and oxygen atoms in total. The van der Waals surface area contributed by atoms with Crippen molar-refractivity contribution >= 4 is 0 Å². The summed E-state index contributed by atoms with van der Waals surface area (Å²) >= 11 is 0. The molecule has 0 amide bonds. The molecule has 1 fully saturated rings. The summed E-state index contributed by atoms with van der Waals surface area (Å²) in [7, 11) is 0. The topological polar surface area (TPSA) is 52.0 Å². The molecule has 112 valence electrons. The smallest absolute Gasteiger partial charge is 0.123 e. The lowest BCUT2D eigenvalue weighted by molar-refractivity contribution is 0.287. The van der Waals surface area contributed by atoms with E-state index in [9.17, 15) is 4.39 Å². The fraction of sp³-hybridized carbons (Fsp3) is 0.467. The van der Waals surface area contributed by atoms with E-state index in [1.54, 1.807) is 10.7 Å². The third kappa shape index (κ3) is 4.01. The molecule has 1 aliphatic carbocycles. The quantitative estimate of drug-likeness (QED) is 0.848. The summed E-state index contributed by atoms with van der Waals surface area (Å²) in [4.78, 5) is 0. The number of ether oxygens (including phenoxy) is 1. The van der Waals surface area contributed by atoms with Crippen LogP contribution in [-0.4, -0.2) is 27.6 Å². The van der Waals surface area contributed by atoms with Crippen LogP contribution in [0.15, 0.2) is 24.4 Å². The van der Waals surface area contributed by atoms with Crippen LogP contribution >= 0.6 is 0 Å². The van der Waals surface area contributed by atoms with Crippen molar-refractivity contribution in [2.24, 2.45) is 0 Å². The number of hydrogen-bond donors (Lipinski definition) is 1. The van der Waals surface area contributed by atoms with Crippen molar-refractivity contribution in [1.82, 2.24) is 20.3 Å². The van der Waals surface area contributed by atoms with Crippen molar-refractivity contribution in [2.75, 3.05) is 6.61 Å². The Morgan fingerprint density at radius 2 is 2.29 bits per heavy atom. The van der Waals surface area contributed by atoms with Crippen LogP contribution in [0.3, 0.4) is 0 Å². The lowest BCUT2D eigenvalue weighted by Gasteiger charge is -2.08. The molecule has 1 aromatic carbocycles. The second kappa shape index (κ2) is 6.22. The molecule has 0 spiro atoms. The molecular formula is C15H19FN4O. The summed E-state index contributed by atoms with van der Waals surface area (Å²) in [5, 5.41) is 11.6. The average Bonchev–Trinajstić information content (AvgIpc) is 3.18. The van der Waals surface area contributed by atoms with Gasteiger partial charge in [0, 0.05) is 18.8 Å². The Labute approximate surface area is 123 Å². The summed E-state index contributed by atoms with van der Waals surface area (Å²) in [6.07, 6.45) is 4.45. The van der Waals surface area contributed by atoms with Gasteiger partial charge in [-0.1, -0.05) is 5.21 Å². The normalized spacial score (nSPS) is 14.4. The van der Waals surface area contributed by atoms with Gasteiger partial charge >= 0.3 is 0 Å². The van der Waals surface area contributed by atoms with Gasteiger partial charge < -0.3 is 10.1 Å². The SMILES string of the molecule is Cc1cc(F)ccc1OCCn1cc(CNC2CC2)nn1. The zero-order chi connectivity index (χ0) is 14.7. The van der Waals surface area contributed by atoms with Crippen LogP contribution in [0, 0.1) is 12.7 Å². The van der Waals surface area contributed by atoms with Crippen LogP contribution in [0.25, 0.3) is 0 Å². The highest BCUT2D eigenvalue weighted by molar-refractivity contribution is 5.32. The Balaban J connectivity index is 1.46. The second-order valence-corrected chi connectivity index (χ2v) is 5.39. The Kier molecular flexibility index (Phi) is 4.15. The lowest BCUT2D eigenvalue weighted by atomic mass is 10.2. The summed E-state index contributed by atoms with van der Waals surface area (Å²) in [5.74, 6) is 0.455. The highest BCUT2D eigenvalue weighted by Crippen LogP contribution is 2.19. The van der Waals surface area contributed by atoms with Gasteiger partial charge in [0.1, 0.15) is 18.2 Å². The Morgan fingerprint density at radius 3 is 3.05 bits per heavy atom. The minimum Gasteiger partial charge on any atom is -0.491 e. The predicted octanol–water partition coefficient (Wildman–Crippen LogP) is 2.06. The first-order valence-electron chi connectivity index (χ1n) is 7.22. The number of rotatable bonds is 7. The van der Waals surface area contributed by atoms with Crippen LogP contribution in [0.2, 0.25) is 0 Å². The molecule has 0 saturated heterocycles. The third-order valence-corrected chi connectivity index (χ3v) is 3.45. The van der Waals surface area contributed by atoms with Crippen molar-refractivity contribution < 1.29 is 9.13 Å². The molecule has 1 saturated carbocycles. The van der Waals surface area contributed by atoms with Gasteiger partial charge in [0.15, 0.2) is 0 Å². The molecule has 0 bridgehead atoms. The minimum absolute atomic E-state index is 0.246. The van der Waals surface area contributed by atoms with Gasteiger partial charge in [-0.15, -0.1) is 5.10 Å². The fourth-order valence-electron chi connectivity index (χ4n) is 2.09. The number of aryl methyl sites for hydroxylation is 1. The number of hydrogen-bond acceptors (Lipinski definition) is 4. The molecule has 1 aliphatic rings. The van der Waals surface area contributed by atoms with Crippen molar-refractivity contribution in [3.8, 4) is 5.75 Å². The maximum atomic E-state index is 13.0. The maximum Gasteiger partial charge on any atom is 0.123 e. The van der Waals surface area contributed by atoms with Crippen molar-refractivity contribution in [3.05, 3.63) is 41.5 Å². The van der Waals surface area contributed by atoms with Crippen LogP contribution in [0.4, 0.5) is 4.39 Å². The first-order chi connectivity index (χ1) is 10.2. The highest BCUT2D eigenvalue weighted by Gasteiger charge is 2.20. The van der Waals surface area contributed by atoms with E-state index < -0.39 is 0 Å². The lowest BCUT2D eigenvalue weighted by Crippen LogP contribution is -2.15. The molecule has 21 heavy (non-hydrogen) atoms. The summed E-state index contributed by atoms with van der Waals surface area (Å²) in [6, 6.07) is 5.18. The molecule has 0 radical (unpaired) electrons. The molecule has 3 rings (SSSR count). The molecule has 0 aliphatic heterocycles. The molecule has 1 aromatic heterocycles. The number of halogens is 1. The molecule has 1 N–H and O–H groups in total. The highest BCUT2D eigenvalue weighted by atomic mass is 19.1. The molecule has 0 atom stereocenters. The van der Waals surface area contributed by atoms with Gasteiger partial charge in [-0.25, -0.2) is 9.07 Å². The average molecular weight is 290 g/mol. The molecule has 6 heteroatoms. The van der Waals surface area contributed by atoms with E-state index in [0.29, 0.717) is 24.9 Å². The van der Waals surface area contributed by atoms with Gasteiger partial charge in [0.05, 0.1) is 12.2 Å². The third-order valence-electron chi connectivity index (χ3n) is 3.45. The van der Waals surface area contributed by atoms with E-state index in [1.165, 1.54) is 25.0 Å². The van der Waals surface area contributed by atoms with Gasteiger partial charge in [0.2, 0.25) is 0 Å². The number of benzene rings is 1. The molecular weight excluding hydrogens is 271 g/mol.